The van der Waals surface area contributed by atoms with E-state index in [1.165, 1.54) is 11.1 Å². The summed E-state index contributed by atoms with van der Waals surface area (Å²) in [7, 11) is 0. The number of hydrogen-bond donors (Lipinski definition) is 1. The van der Waals surface area contributed by atoms with Gasteiger partial charge in [-0.1, -0.05) is 43.7 Å². The van der Waals surface area contributed by atoms with Gasteiger partial charge in [0, 0.05) is 25.7 Å². The van der Waals surface area contributed by atoms with E-state index in [9.17, 15) is 4.79 Å². The second-order valence-corrected chi connectivity index (χ2v) is 5.39. The van der Waals surface area contributed by atoms with E-state index >= 15 is 0 Å². The van der Waals surface area contributed by atoms with Gasteiger partial charge < -0.3 is 10.2 Å². The summed E-state index contributed by atoms with van der Waals surface area (Å²) in [4.78, 5) is 10.9. The molecule has 1 aromatic carbocycles. The minimum atomic E-state index is -0.286. The largest absolute Gasteiger partial charge is 0.466 e. The van der Waals surface area contributed by atoms with Crippen molar-refractivity contribution in [2.45, 2.75) is 45.4 Å². The first-order valence-corrected chi connectivity index (χ1v) is 7.61. The van der Waals surface area contributed by atoms with Crippen molar-refractivity contribution < 1.29 is 9.21 Å². The Bertz CT molecular complexity index is 572. The van der Waals surface area contributed by atoms with Crippen LogP contribution in [-0.2, 0) is 24.1 Å². The molecule has 0 radical (unpaired) electrons. The third-order valence-electron chi connectivity index (χ3n) is 3.56. The SMILES string of the molecule is CCCCc1oc(CCC(N)=O)cc1Cc1ccccc1. The lowest BCUT2D eigenvalue weighted by Gasteiger charge is -2.02. The van der Waals surface area contributed by atoms with Crippen LogP contribution in [0.1, 0.15) is 48.8 Å². The third-order valence-corrected chi connectivity index (χ3v) is 3.56. The Morgan fingerprint density at radius 3 is 2.62 bits per heavy atom. The fraction of sp³-hybridized carbons (Fsp3) is 0.389. The highest BCUT2D eigenvalue weighted by molar-refractivity contribution is 5.73. The number of unbranched alkanes of at least 4 members (excludes halogenated alkanes) is 1. The predicted octanol–water partition coefficient (Wildman–Crippen LogP) is 3.63. The van der Waals surface area contributed by atoms with Crippen LogP contribution in [0.5, 0.6) is 0 Å². The molecule has 2 N–H and O–H groups in total. The summed E-state index contributed by atoms with van der Waals surface area (Å²) < 4.78 is 5.93. The van der Waals surface area contributed by atoms with Gasteiger partial charge in [0.05, 0.1) is 0 Å². The summed E-state index contributed by atoms with van der Waals surface area (Å²) in [6.07, 6.45) is 5.01. The molecule has 0 aliphatic carbocycles. The Morgan fingerprint density at radius 2 is 1.95 bits per heavy atom. The second-order valence-electron chi connectivity index (χ2n) is 5.39. The molecule has 0 fully saturated rings. The van der Waals surface area contributed by atoms with Crippen LogP contribution < -0.4 is 5.73 Å². The molecule has 0 saturated heterocycles. The monoisotopic (exact) mass is 285 g/mol. The standard InChI is InChI=1S/C18H23NO2/c1-2-3-9-17-15(12-14-7-5-4-6-8-14)13-16(21-17)10-11-18(19)20/h4-8,13H,2-3,9-12H2,1H3,(H2,19,20). The van der Waals surface area contributed by atoms with Crippen molar-refractivity contribution in [3.63, 3.8) is 0 Å². The molecule has 0 aliphatic rings. The molecule has 2 aromatic rings. The number of amides is 1. The second kappa shape index (κ2) is 7.67. The van der Waals surface area contributed by atoms with Crippen molar-refractivity contribution >= 4 is 5.91 Å². The molecule has 3 heteroatoms. The Labute approximate surface area is 126 Å². The predicted molar refractivity (Wildman–Crippen MR) is 84.1 cm³/mol. The van der Waals surface area contributed by atoms with E-state index in [0.29, 0.717) is 12.8 Å². The highest BCUT2D eigenvalue weighted by Gasteiger charge is 2.12. The summed E-state index contributed by atoms with van der Waals surface area (Å²) in [5.41, 5.74) is 7.71. The van der Waals surface area contributed by atoms with Gasteiger partial charge in [-0.05, 0) is 23.6 Å². The van der Waals surface area contributed by atoms with E-state index < -0.39 is 0 Å². The van der Waals surface area contributed by atoms with Gasteiger partial charge >= 0.3 is 0 Å². The topological polar surface area (TPSA) is 56.2 Å². The van der Waals surface area contributed by atoms with Gasteiger partial charge in [0.1, 0.15) is 11.5 Å². The minimum Gasteiger partial charge on any atom is -0.466 e. The van der Waals surface area contributed by atoms with Crippen molar-refractivity contribution in [2.24, 2.45) is 5.73 Å². The Balaban J connectivity index is 2.14. The van der Waals surface area contributed by atoms with E-state index in [-0.39, 0.29) is 5.91 Å². The van der Waals surface area contributed by atoms with Gasteiger partial charge in [0.25, 0.3) is 0 Å². The van der Waals surface area contributed by atoms with Gasteiger partial charge in [-0.3, -0.25) is 4.79 Å². The van der Waals surface area contributed by atoms with E-state index in [1.54, 1.807) is 0 Å². The average molecular weight is 285 g/mol. The normalized spacial score (nSPS) is 10.7. The van der Waals surface area contributed by atoms with E-state index in [4.69, 9.17) is 10.2 Å². The van der Waals surface area contributed by atoms with Crippen LogP contribution in [0.25, 0.3) is 0 Å². The summed E-state index contributed by atoms with van der Waals surface area (Å²) in [5.74, 6) is 1.64. The van der Waals surface area contributed by atoms with Crippen molar-refractivity contribution in [3.05, 3.63) is 59.0 Å². The zero-order valence-corrected chi connectivity index (χ0v) is 12.6. The first-order chi connectivity index (χ1) is 10.2. The van der Waals surface area contributed by atoms with Crippen LogP contribution >= 0.6 is 0 Å². The Morgan fingerprint density at radius 1 is 1.19 bits per heavy atom. The molecule has 2 rings (SSSR count). The highest BCUT2D eigenvalue weighted by atomic mass is 16.3. The number of furan rings is 1. The molecule has 0 atom stereocenters. The molecule has 21 heavy (non-hydrogen) atoms. The van der Waals surface area contributed by atoms with E-state index in [2.05, 4.69) is 37.3 Å². The summed E-state index contributed by atoms with van der Waals surface area (Å²) >= 11 is 0. The smallest absolute Gasteiger partial charge is 0.217 e. The highest BCUT2D eigenvalue weighted by Crippen LogP contribution is 2.22. The van der Waals surface area contributed by atoms with Gasteiger partial charge in [0.2, 0.25) is 5.91 Å². The van der Waals surface area contributed by atoms with Crippen LogP contribution in [0.15, 0.2) is 40.8 Å². The first-order valence-electron chi connectivity index (χ1n) is 7.61. The number of carbonyl (C=O) groups is 1. The molecule has 112 valence electrons. The lowest BCUT2D eigenvalue weighted by atomic mass is 10.0. The molecule has 0 bridgehead atoms. The van der Waals surface area contributed by atoms with Gasteiger partial charge in [0.15, 0.2) is 0 Å². The number of nitrogens with two attached hydrogens (primary N) is 1. The van der Waals surface area contributed by atoms with Gasteiger partial charge in [-0.25, -0.2) is 0 Å². The van der Waals surface area contributed by atoms with Crippen molar-refractivity contribution in [2.75, 3.05) is 0 Å². The third kappa shape index (κ3) is 4.78. The molecule has 1 aromatic heterocycles. The number of aryl methyl sites for hydroxylation is 2. The minimum absolute atomic E-state index is 0.286. The maximum atomic E-state index is 10.9. The molecular formula is C18H23NO2. The zero-order valence-electron chi connectivity index (χ0n) is 12.6. The van der Waals surface area contributed by atoms with Crippen LogP contribution in [0, 0.1) is 0 Å². The quantitative estimate of drug-likeness (QED) is 0.805. The van der Waals surface area contributed by atoms with E-state index in [1.807, 2.05) is 6.07 Å². The molecule has 3 nitrogen and oxygen atoms in total. The maximum Gasteiger partial charge on any atom is 0.217 e. The van der Waals surface area contributed by atoms with Crippen LogP contribution in [0.3, 0.4) is 0 Å². The van der Waals surface area contributed by atoms with Crippen molar-refractivity contribution in [3.8, 4) is 0 Å². The van der Waals surface area contributed by atoms with Crippen molar-refractivity contribution in [1.82, 2.24) is 0 Å². The molecule has 1 amide bonds. The molecular weight excluding hydrogens is 262 g/mol. The maximum absolute atomic E-state index is 10.9. The average Bonchev–Trinajstić information content (AvgIpc) is 2.86. The fourth-order valence-corrected chi connectivity index (χ4v) is 2.41. The summed E-state index contributed by atoms with van der Waals surface area (Å²) in [6.45, 7) is 2.17. The lowest BCUT2D eigenvalue weighted by molar-refractivity contribution is -0.118. The molecule has 0 spiro atoms. The van der Waals surface area contributed by atoms with Crippen molar-refractivity contribution in [1.29, 1.82) is 0 Å². The van der Waals surface area contributed by atoms with Gasteiger partial charge in [-0.15, -0.1) is 0 Å². The summed E-state index contributed by atoms with van der Waals surface area (Å²) in [6, 6.07) is 12.5. The Kier molecular flexibility index (Phi) is 5.61. The van der Waals surface area contributed by atoms with E-state index in [0.717, 1.165) is 37.2 Å². The zero-order chi connectivity index (χ0) is 15.1. The lowest BCUT2D eigenvalue weighted by Crippen LogP contribution is -2.10. The summed E-state index contributed by atoms with van der Waals surface area (Å²) in [5, 5.41) is 0. The van der Waals surface area contributed by atoms with Crippen LogP contribution in [-0.4, -0.2) is 5.91 Å². The number of rotatable bonds is 8. The number of primary amides is 1. The van der Waals surface area contributed by atoms with Crippen LogP contribution in [0.2, 0.25) is 0 Å². The molecule has 0 aliphatic heterocycles. The van der Waals surface area contributed by atoms with Crippen LogP contribution in [0.4, 0.5) is 0 Å². The Hall–Kier alpha value is -2.03. The number of hydrogen-bond acceptors (Lipinski definition) is 2. The molecule has 0 saturated carbocycles. The first kappa shape index (κ1) is 15.4. The number of benzene rings is 1. The fourth-order valence-electron chi connectivity index (χ4n) is 2.41. The van der Waals surface area contributed by atoms with Gasteiger partial charge in [-0.2, -0.15) is 0 Å². The molecule has 1 heterocycles. The number of carbonyl (C=O) groups excluding carboxylic acids is 1. The molecule has 0 unspecified atom stereocenters.